The van der Waals surface area contributed by atoms with E-state index in [0.717, 1.165) is 5.56 Å². The molecule has 0 aliphatic rings. The van der Waals surface area contributed by atoms with Gasteiger partial charge in [0.15, 0.2) is 0 Å². The molecular formula is C14H10Cl3F. The Morgan fingerprint density at radius 2 is 1.78 bits per heavy atom. The van der Waals surface area contributed by atoms with Gasteiger partial charge in [-0.3, -0.25) is 0 Å². The van der Waals surface area contributed by atoms with E-state index in [1.165, 1.54) is 12.1 Å². The van der Waals surface area contributed by atoms with Gasteiger partial charge in [0.05, 0.1) is 5.38 Å². The van der Waals surface area contributed by atoms with E-state index in [2.05, 4.69) is 0 Å². The topological polar surface area (TPSA) is 0 Å². The Kier molecular flexibility index (Phi) is 4.50. The predicted molar refractivity (Wildman–Crippen MR) is 75.2 cm³/mol. The quantitative estimate of drug-likeness (QED) is 0.642. The van der Waals surface area contributed by atoms with E-state index in [4.69, 9.17) is 34.8 Å². The molecular weight excluding hydrogens is 294 g/mol. The number of hydrogen-bond acceptors (Lipinski definition) is 0. The van der Waals surface area contributed by atoms with Crippen molar-refractivity contribution >= 4 is 34.8 Å². The number of hydrogen-bond donors (Lipinski definition) is 0. The number of rotatable bonds is 3. The largest absolute Gasteiger partial charge is 0.207 e. The zero-order valence-corrected chi connectivity index (χ0v) is 11.6. The Morgan fingerprint density at radius 1 is 1.06 bits per heavy atom. The molecule has 2 aromatic carbocycles. The average Bonchev–Trinajstić information content (AvgIpc) is 2.35. The maximum atomic E-state index is 13.6. The highest BCUT2D eigenvalue weighted by Crippen LogP contribution is 2.31. The first-order chi connectivity index (χ1) is 8.58. The maximum Gasteiger partial charge on any atom is 0.128 e. The van der Waals surface area contributed by atoms with Crippen LogP contribution in [0.3, 0.4) is 0 Å². The van der Waals surface area contributed by atoms with Crippen LogP contribution in [0.2, 0.25) is 10.0 Å². The third kappa shape index (κ3) is 3.17. The fraction of sp³-hybridized carbons (Fsp3) is 0.143. The van der Waals surface area contributed by atoms with Crippen LogP contribution in [0.4, 0.5) is 4.39 Å². The second-order valence-electron chi connectivity index (χ2n) is 3.93. The fourth-order valence-electron chi connectivity index (χ4n) is 1.72. The van der Waals surface area contributed by atoms with Crippen LogP contribution in [0.25, 0.3) is 0 Å². The van der Waals surface area contributed by atoms with Crippen molar-refractivity contribution in [3.05, 3.63) is 69.5 Å². The molecule has 0 saturated carbocycles. The summed E-state index contributed by atoms with van der Waals surface area (Å²) >= 11 is 18.1. The van der Waals surface area contributed by atoms with E-state index in [1.54, 1.807) is 12.1 Å². The molecule has 0 radical (unpaired) electrons. The smallest absolute Gasteiger partial charge is 0.128 e. The number of alkyl halides is 1. The summed E-state index contributed by atoms with van der Waals surface area (Å²) in [6, 6.07) is 11.7. The molecule has 4 heteroatoms. The summed E-state index contributed by atoms with van der Waals surface area (Å²) in [5.74, 6) is -0.355. The van der Waals surface area contributed by atoms with Gasteiger partial charge in [-0.1, -0.05) is 41.4 Å². The van der Waals surface area contributed by atoms with Crippen LogP contribution in [0.5, 0.6) is 0 Å². The summed E-state index contributed by atoms with van der Waals surface area (Å²) < 4.78 is 13.6. The van der Waals surface area contributed by atoms with Crippen molar-refractivity contribution in [1.29, 1.82) is 0 Å². The summed E-state index contributed by atoms with van der Waals surface area (Å²) in [6.07, 6.45) is 0.457. The van der Waals surface area contributed by atoms with Gasteiger partial charge in [-0.05, 0) is 36.2 Å². The molecule has 0 heterocycles. The highest BCUT2D eigenvalue weighted by Gasteiger charge is 2.15. The standard InChI is InChI=1S/C14H10Cl3F/c15-10-5-6-14(18)11(8-10)13(17)7-9-3-1-2-4-12(9)16/h1-6,8,13H,7H2. The summed E-state index contributed by atoms with van der Waals surface area (Å²) in [7, 11) is 0. The van der Waals surface area contributed by atoms with Gasteiger partial charge in [-0.2, -0.15) is 0 Å². The molecule has 0 fully saturated rings. The first-order valence-corrected chi connectivity index (χ1v) is 6.59. The van der Waals surface area contributed by atoms with E-state index in [-0.39, 0.29) is 5.82 Å². The second-order valence-corrected chi connectivity index (χ2v) is 5.30. The molecule has 0 N–H and O–H groups in total. The molecule has 94 valence electrons. The molecule has 0 aromatic heterocycles. The lowest BCUT2D eigenvalue weighted by molar-refractivity contribution is 0.606. The first-order valence-electron chi connectivity index (χ1n) is 5.40. The molecule has 18 heavy (non-hydrogen) atoms. The zero-order valence-electron chi connectivity index (χ0n) is 9.34. The fourth-order valence-corrected chi connectivity index (χ4v) is 2.45. The molecule has 0 aliphatic heterocycles. The average molecular weight is 304 g/mol. The Bertz CT molecular complexity index is 554. The van der Waals surface area contributed by atoms with Crippen molar-refractivity contribution in [2.45, 2.75) is 11.8 Å². The third-order valence-electron chi connectivity index (χ3n) is 2.65. The van der Waals surface area contributed by atoms with Gasteiger partial charge in [0.1, 0.15) is 5.82 Å². The number of benzene rings is 2. The van der Waals surface area contributed by atoms with Crippen LogP contribution in [0.1, 0.15) is 16.5 Å². The van der Waals surface area contributed by atoms with Gasteiger partial charge in [-0.15, -0.1) is 11.6 Å². The molecule has 0 aliphatic carbocycles. The van der Waals surface area contributed by atoms with Crippen LogP contribution >= 0.6 is 34.8 Å². The molecule has 0 amide bonds. The summed E-state index contributed by atoms with van der Waals surface area (Å²) in [5.41, 5.74) is 1.28. The lowest BCUT2D eigenvalue weighted by atomic mass is 10.0. The van der Waals surface area contributed by atoms with Gasteiger partial charge in [-0.25, -0.2) is 4.39 Å². The van der Waals surface area contributed by atoms with Crippen LogP contribution in [0.15, 0.2) is 42.5 Å². The minimum Gasteiger partial charge on any atom is -0.207 e. The van der Waals surface area contributed by atoms with E-state index in [1.807, 2.05) is 18.2 Å². The SMILES string of the molecule is Fc1ccc(Cl)cc1C(Cl)Cc1ccccc1Cl. The van der Waals surface area contributed by atoms with Crippen molar-refractivity contribution < 1.29 is 4.39 Å². The summed E-state index contributed by atoms with van der Waals surface area (Å²) in [4.78, 5) is 0. The summed E-state index contributed by atoms with van der Waals surface area (Å²) in [6.45, 7) is 0. The molecule has 0 bridgehead atoms. The van der Waals surface area contributed by atoms with Crippen molar-refractivity contribution in [2.75, 3.05) is 0 Å². The minimum atomic E-state index is -0.497. The Hall–Kier alpha value is -0.760. The molecule has 0 nitrogen and oxygen atoms in total. The molecule has 0 spiro atoms. The molecule has 2 aromatic rings. The monoisotopic (exact) mass is 302 g/mol. The van der Waals surface area contributed by atoms with Crippen molar-refractivity contribution in [2.24, 2.45) is 0 Å². The Balaban J connectivity index is 2.25. The van der Waals surface area contributed by atoms with Gasteiger partial charge in [0, 0.05) is 15.6 Å². The van der Waals surface area contributed by atoms with E-state index >= 15 is 0 Å². The normalized spacial score (nSPS) is 12.4. The van der Waals surface area contributed by atoms with Crippen LogP contribution in [-0.4, -0.2) is 0 Å². The lowest BCUT2D eigenvalue weighted by Gasteiger charge is -2.12. The van der Waals surface area contributed by atoms with Crippen LogP contribution < -0.4 is 0 Å². The van der Waals surface area contributed by atoms with Crippen LogP contribution in [-0.2, 0) is 6.42 Å². The zero-order chi connectivity index (χ0) is 13.1. The molecule has 0 saturated heterocycles. The highest BCUT2D eigenvalue weighted by molar-refractivity contribution is 6.31. The Morgan fingerprint density at radius 3 is 2.50 bits per heavy atom. The van der Waals surface area contributed by atoms with Crippen molar-refractivity contribution in [3.8, 4) is 0 Å². The first kappa shape index (κ1) is 13.7. The second kappa shape index (κ2) is 5.92. The third-order valence-corrected chi connectivity index (χ3v) is 3.65. The van der Waals surface area contributed by atoms with E-state index in [9.17, 15) is 4.39 Å². The highest BCUT2D eigenvalue weighted by atomic mass is 35.5. The molecule has 1 atom stereocenters. The lowest BCUT2D eigenvalue weighted by Crippen LogP contribution is -1.99. The van der Waals surface area contributed by atoms with Gasteiger partial charge in [0.25, 0.3) is 0 Å². The van der Waals surface area contributed by atoms with Crippen molar-refractivity contribution in [1.82, 2.24) is 0 Å². The van der Waals surface area contributed by atoms with Gasteiger partial charge < -0.3 is 0 Å². The molecule has 1 unspecified atom stereocenters. The summed E-state index contributed by atoms with van der Waals surface area (Å²) in [5, 5.41) is 0.602. The van der Waals surface area contributed by atoms with Gasteiger partial charge in [0.2, 0.25) is 0 Å². The minimum absolute atomic E-state index is 0.355. The predicted octanol–water partition coefficient (Wildman–Crippen LogP) is 5.66. The maximum absolute atomic E-state index is 13.6. The number of halogens is 4. The molecule has 2 rings (SSSR count). The van der Waals surface area contributed by atoms with E-state index in [0.29, 0.717) is 22.0 Å². The van der Waals surface area contributed by atoms with E-state index < -0.39 is 5.38 Å². The van der Waals surface area contributed by atoms with Crippen molar-refractivity contribution in [3.63, 3.8) is 0 Å². The van der Waals surface area contributed by atoms with Gasteiger partial charge >= 0.3 is 0 Å². The Labute approximate surface area is 120 Å². The van der Waals surface area contributed by atoms with Crippen LogP contribution in [0, 0.1) is 5.82 Å².